The number of amides is 1. The van der Waals surface area contributed by atoms with Gasteiger partial charge in [0.2, 0.25) is 5.91 Å². The first-order chi connectivity index (χ1) is 12.7. The molecule has 0 aromatic rings. The van der Waals surface area contributed by atoms with Gasteiger partial charge in [0, 0.05) is 19.1 Å². The van der Waals surface area contributed by atoms with Crippen LogP contribution in [0.15, 0.2) is 0 Å². The Hall–Kier alpha value is -0.830. The summed E-state index contributed by atoms with van der Waals surface area (Å²) in [6.07, 6.45) is 4.48. The van der Waals surface area contributed by atoms with Crippen LogP contribution < -0.4 is 16.4 Å². The van der Waals surface area contributed by atoms with Crippen molar-refractivity contribution in [2.24, 2.45) is 11.7 Å². The molecule has 0 aliphatic heterocycles. The zero-order valence-electron chi connectivity index (χ0n) is 17.2. The normalized spacial score (nSPS) is 18.2. The van der Waals surface area contributed by atoms with Crippen LogP contribution in [0.2, 0.25) is 0 Å². The number of carbonyl (C=O) groups is 2. The Morgan fingerprint density at radius 1 is 1.15 bits per heavy atom. The molecule has 0 saturated heterocycles. The molecule has 0 aromatic carbocycles. The molecule has 0 fully saturated rings. The smallest absolute Gasteiger partial charge is 0.326 e. The third kappa shape index (κ3) is 8.81. The van der Waals surface area contributed by atoms with Gasteiger partial charge in [-0.2, -0.15) is 12.6 Å². The maximum atomic E-state index is 13.0. The van der Waals surface area contributed by atoms with E-state index in [1.165, 1.54) is 0 Å². The van der Waals surface area contributed by atoms with E-state index in [2.05, 4.69) is 37.1 Å². The van der Waals surface area contributed by atoms with Crippen molar-refractivity contribution >= 4 is 24.5 Å². The SMILES string of the molecule is CCCC(N)(C(=O)NC(CCO)C(=O)O)C(CCC(C)CC)NC(S)CC. The van der Waals surface area contributed by atoms with Gasteiger partial charge in [-0.3, -0.25) is 4.79 Å². The highest BCUT2D eigenvalue weighted by Crippen LogP contribution is 2.24. The Balaban J connectivity index is 5.56. The molecule has 0 radical (unpaired) electrons. The summed E-state index contributed by atoms with van der Waals surface area (Å²) in [5.41, 5.74) is 5.36. The summed E-state index contributed by atoms with van der Waals surface area (Å²) in [6.45, 7) is 7.90. The van der Waals surface area contributed by atoms with Crippen molar-refractivity contribution in [3.8, 4) is 0 Å². The number of aliphatic hydroxyl groups excluding tert-OH is 1. The monoisotopic (exact) mass is 405 g/mol. The van der Waals surface area contributed by atoms with Crippen molar-refractivity contribution in [2.75, 3.05) is 6.61 Å². The lowest BCUT2D eigenvalue weighted by molar-refractivity contribution is -0.143. The van der Waals surface area contributed by atoms with Crippen LogP contribution in [-0.4, -0.2) is 51.7 Å². The van der Waals surface area contributed by atoms with Gasteiger partial charge < -0.3 is 26.6 Å². The topological polar surface area (TPSA) is 125 Å². The van der Waals surface area contributed by atoms with Gasteiger partial charge in [0.1, 0.15) is 11.6 Å². The second-order valence-electron chi connectivity index (χ2n) is 7.40. The fourth-order valence-corrected chi connectivity index (χ4v) is 3.21. The lowest BCUT2D eigenvalue weighted by Gasteiger charge is -2.39. The van der Waals surface area contributed by atoms with E-state index in [-0.39, 0.29) is 24.4 Å². The summed E-state index contributed by atoms with van der Waals surface area (Å²) in [5, 5.41) is 24.1. The fourth-order valence-electron chi connectivity index (χ4n) is 3.03. The molecule has 0 rings (SSSR count). The fraction of sp³-hybridized carbons (Fsp3) is 0.895. The molecule has 0 aromatic heterocycles. The molecule has 5 unspecified atom stereocenters. The van der Waals surface area contributed by atoms with Crippen LogP contribution in [0.4, 0.5) is 0 Å². The van der Waals surface area contributed by atoms with Crippen LogP contribution in [0.25, 0.3) is 0 Å². The Kier molecular flexibility index (Phi) is 13.0. The third-order valence-corrected chi connectivity index (χ3v) is 5.67. The molecular weight excluding hydrogens is 366 g/mol. The summed E-state index contributed by atoms with van der Waals surface area (Å²) in [6, 6.07) is -1.48. The zero-order valence-corrected chi connectivity index (χ0v) is 18.1. The molecule has 27 heavy (non-hydrogen) atoms. The van der Waals surface area contributed by atoms with Gasteiger partial charge in [-0.15, -0.1) is 0 Å². The minimum absolute atomic E-state index is 0.0571. The summed E-state index contributed by atoms with van der Waals surface area (Å²) in [4.78, 5) is 24.4. The van der Waals surface area contributed by atoms with Crippen LogP contribution in [0.3, 0.4) is 0 Å². The highest BCUT2D eigenvalue weighted by molar-refractivity contribution is 7.80. The van der Waals surface area contributed by atoms with Gasteiger partial charge in [-0.05, 0) is 31.6 Å². The molecule has 5 atom stereocenters. The summed E-state index contributed by atoms with van der Waals surface area (Å²) in [5.74, 6) is -1.17. The minimum atomic E-state index is -1.25. The number of hydrogen-bond acceptors (Lipinski definition) is 6. The second kappa shape index (κ2) is 13.4. The molecule has 1 amide bonds. The van der Waals surface area contributed by atoms with E-state index < -0.39 is 23.5 Å². The van der Waals surface area contributed by atoms with Gasteiger partial charge in [0.05, 0.1) is 5.37 Å². The molecule has 0 bridgehead atoms. The van der Waals surface area contributed by atoms with Crippen molar-refractivity contribution in [2.45, 2.75) is 95.6 Å². The van der Waals surface area contributed by atoms with Crippen LogP contribution in [0.1, 0.15) is 72.6 Å². The largest absolute Gasteiger partial charge is 0.480 e. The Labute approximate surface area is 169 Å². The number of rotatable bonds is 15. The molecule has 0 saturated carbocycles. The minimum Gasteiger partial charge on any atom is -0.480 e. The number of aliphatic hydroxyl groups is 1. The van der Waals surface area contributed by atoms with Gasteiger partial charge >= 0.3 is 5.97 Å². The number of carboxylic acid groups (broad SMARTS) is 1. The van der Waals surface area contributed by atoms with E-state index in [1.54, 1.807) is 0 Å². The standard InChI is InChI=1S/C19H39N3O4S/c1-5-11-19(20,18(26)21-14(10-12-23)17(24)25)15(22-16(27)7-3)9-8-13(4)6-2/h13-16,22-23,27H,5-12,20H2,1-4H3,(H,21,26)(H,24,25). The number of nitrogens with one attached hydrogen (secondary N) is 2. The number of carbonyl (C=O) groups excluding carboxylic acids is 1. The molecule has 6 N–H and O–H groups in total. The van der Waals surface area contributed by atoms with Gasteiger partial charge in [-0.25, -0.2) is 4.79 Å². The van der Waals surface area contributed by atoms with Gasteiger partial charge in [0.15, 0.2) is 0 Å². The first-order valence-electron chi connectivity index (χ1n) is 10.0. The van der Waals surface area contributed by atoms with E-state index in [0.29, 0.717) is 25.2 Å². The summed E-state index contributed by atoms with van der Waals surface area (Å²) < 4.78 is 0. The Morgan fingerprint density at radius 3 is 2.22 bits per heavy atom. The predicted molar refractivity (Wildman–Crippen MR) is 112 cm³/mol. The van der Waals surface area contributed by atoms with Crippen molar-refractivity contribution in [3.05, 3.63) is 0 Å². The molecule has 0 aliphatic rings. The molecule has 160 valence electrons. The Morgan fingerprint density at radius 2 is 1.78 bits per heavy atom. The number of aliphatic carboxylic acids is 1. The molecule has 0 heterocycles. The summed E-state index contributed by atoms with van der Waals surface area (Å²) >= 11 is 4.52. The van der Waals surface area contributed by atoms with E-state index in [0.717, 1.165) is 19.3 Å². The van der Waals surface area contributed by atoms with Gasteiger partial charge in [-0.1, -0.05) is 40.5 Å². The highest BCUT2D eigenvalue weighted by Gasteiger charge is 2.42. The maximum absolute atomic E-state index is 13.0. The average molecular weight is 406 g/mol. The molecular formula is C19H39N3O4S. The van der Waals surface area contributed by atoms with Crippen LogP contribution in [-0.2, 0) is 9.59 Å². The molecule has 7 nitrogen and oxygen atoms in total. The first-order valence-corrected chi connectivity index (χ1v) is 10.5. The second-order valence-corrected chi connectivity index (χ2v) is 8.02. The zero-order chi connectivity index (χ0) is 21.0. The van der Waals surface area contributed by atoms with Crippen LogP contribution in [0, 0.1) is 5.92 Å². The van der Waals surface area contributed by atoms with E-state index in [9.17, 15) is 14.7 Å². The van der Waals surface area contributed by atoms with E-state index in [1.807, 2.05) is 13.8 Å². The lowest BCUT2D eigenvalue weighted by Crippen LogP contribution is -2.67. The number of hydrogen-bond donors (Lipinski definition) is 6. The first kappa shape index (κ1) is 26.2. The van der Waals surface area contributed by atoms with Crippen LogP contribution in [0.5, 0.6) is 0 Å². The third-order valence-electron chi connectivity index (χ3n) is 5.15. The average Bonchev–Trinajstić information content (AvgIpc) is 2.63. The van der Waals surface area contributed by atoms with Crippen molar-refractivity contribution in [3.63, 3.8) is 0 Å². The predicted octanol–water partition coefficient (Wildman–Crippen LogP) is 1.89. The quantitative estimate of drug-likeness (QED) is 0.183. The van der Waals surface area contributed by atoms with Crippen molar-refractivity contribution < 1.29 is 19.8 Å². The highest BCUT2D eigenvalue weighted by atomic mass is 32.1. The van der Waals surface area contributed by atoms with Crippen molar-refractivity contribution in [1.29, 1.82) is 0 Å². The van der Waals surface area contributed by atoms with E-state index in [4.69, 9.17) is 10.8 Å². The lowest BCUT2D eigenvalue weighted by atomic mass is 9.81. The Bertz CT molecular complexity index is 453. The molecule has 0 aliphatic carbocycles. The maximum Gasteiger partial charge on any atom is 0.326 e. The number of carboxylic acids is 1. The van der Waals surface area contributed by atoms with Crippen LogP contribution >= 0.6 is 12.6 Å². The number of nitrogens with two attached hydrogens (primary N) is 1. The molecule has 8 heteroatoms. The van der Waals surface area contributed by atoms with Crippen molar-refractivity contribution in [1.82, 2.24) is 10.6 Å². The van der Waals surface area contributed by atoms with Gasteiger partial charge in [0.25, 0.3) is 0 Å². The van der Waals surface area contributed by atoms with E-state index >= 15 is 0 Å². The number of thiol groups is 1. The summed E-state index contributed by atoms with van der Waals surface area (Å²) in [7, 11) is 0. The molecule has 0 spiro atoms.